The monoisotopic (exact) mass is 320 g/mol. The Bertz CT molecular complexity index is 527. The highest BCUT2D eigenvalue weighted by Gasteiger charge is 2.45. The first-order valence-corrected chi connectivity index (χ1v) is 8.16. The second-order valence-corrected chi connectivity index (χ2v) is 7.25. The van der Waals surface area contributed by atoms with Gasteiger partial charge in [-0.25, -0.2) is 0 Å². The Labute approximate surface area is 124 Å². The zero-order valence-electron chi connectivity index (χ0n) is 10.2. The van der Waals surface area contributed by atoms with E-state index in [-0.39, 0.29) is 11.8 Å². The van der Waals surface area contributed by atoms with Gasteiger partial charge in [-0.1, -0.05) is 35.3 Å². The number of hydrogen-bond acceptors (Lipinski definition) is 2. The molecule has 1 aromatic carbocycles. The second kappa shape index (κ2) is 5.81. The summed E-state index contributed by atoms with van der Waals surface area (Å²) in [6.07, 6.45) is 1.78. The molecule has 1 saturated carbocycles. The van der Waals surface area contributed by atoms with E-state index in [0.717, 1.165) is 18.4 Å². The lowest BCUT2D eigenvalue weighted by Crippen LogP contribution is -2.17. The molecule has 1 aromatic rings. The van der Waals surface area contributed by atoms with Gasteiger partial charge in [-0.15, -0.1) is 0 Å². The van der Waals surface area contributed by atoms with Crippen molar-refractivity contribution in [1.29, 1.82) is 0 Å². The van der Waals surface area contributed by atoms with Crippen LogP contribution in [0.15, 0.2) is 18.2 Å². The van der Waals surface area contributed by atoms with Crippen LogP contribution in [0.2, 0.25) is 10.0 Å². The molecule has 2 rings (SSSR count). The molecule has 1 unspecified atom stereocenters. The number of aliphatic carboxylic acids is 1. The van der Waals surface area contributed by atoms with Gasteiger partial charge >= 0.3 is 5.97 Å². The number of hydrogen-bond donors (Lipinski definition) is 1. The Balaban J connectivity index is 1.98. The van der Waals surface area contributed by atoms with Crippen LogP contribution in [-0.4, -0.2) is 21.0 Å². The van der Waals surface area contributed by atoms with Gasteiger partial charge in [0.05, 0.1) is 22.2 Å². The molecular formula is C13H14Cl2O3S. The third-order valence-corrected chi connectivity index (χ3v) is 5.72. The lowest BCUT2D eigenvalue weighted by molar-refractivity contribution is -0.138. The maximum absolute atomic E-state index is 12.1. The zero-order chi connectivity index (χ0) is 14.0. The zero-order valence-corrected chi connectivity index (χ0v) is 12.5. The predicted molar refractivity (Wildman–Crippen MR) is 77.1 cm³/mol. The van der Waals surface area contributed by atoms with Gasteiger partial charge in [0, 0.05) is 16.6 Å². The van der Waals surface area contributed by atoms with Crippen LogP contribution in [0, 0.1) is 5.41 Å². The Morgan fingerprint density at radius 3 is 2.63 bits per heavy atom. The smallest absolute Gasteiger partial charge is 0.303 e. The van der Waals surface area contributed by atoms with Gasteiger partial charge in [-0.3, -0.25) is 9.00 Å². The molecule has 3 nitrogen and oxygen atoms in total. The van der Waals surface area contributed by atoms with Crippen LogP contribution in [0.25, 0.3) is 0 Å². The van der Waals surface area contributed by atoms with E-state index in [2.05, 4.69) is 0 Å². The molecule has 1 N–H and O–H groups in total. The van der Waals surface area contributed by atoms with Crippen LogP contribution in [0.4, 0.5) is 0 Å². The molecule has 104 valence electrons. The van der Waals surface area contributed by atoms with E-state index in [0.29, 0.717) is 21.6 Å². The summed E-state index contributed by atoms with van der Waals surface area (Å²) in [6, 6.07) is 5.25. The number of benzene rings is 1. The SMILES string of the molecule is O=C(O)CC1(CS(=O)Cc2cccc(Cl)c2Cl)CC1. The van der Waals surface area contributed by atoms with Gasteiger partial charge in [0.25, 0.3) is 0 Å². The molecule has 1 aliphatic carbocycles. The molecule has 0 aliphatic heterocycles. The van der Waals surface area contributed by atoms with Crippen molar-refractivity contribution in [2.45, 2.75) is 25.0 Å². The fraction of sp³-hybridized carbons (Fsp3) is 0.462. The van der Waals surface area contributed by atoms with Crippen LogP contribution in [0.3, 0.4) is 0 Å². The molecule has 0 radical (unpaired) electrons. The Hall–Kier alpha value is -0.580. The predicted octanol–water partition coefficient (Wildman–Crippen LogP) is 3.50. The van der Waals surface area contributed by atoms with E-state index >= 15 is 0 Å². The second-order valence-electron chi connectivity index (χ2n) is 5.01. The quantitative estimate of drug-likeness (QED) is 0.872. The molecule has 19 heavy (non-hydrogen) atoms. The van der Waals surface area contributed by atoms with Crippen molar-refractivity contribution in [2.24, 2.45) is 5.41 Å². The van der Waals surface area contributed by atoms with Crippen molar-refractivity contribution in [3.8, 4) is 0 Å². The van der Waals surface area contributed by atoms with Gasteiger partial charge in [-0.05, 0) is 29.9 Å². The lowest BCUT2D eigenvalue weighted by atomic mass is 10.1. The molecule has 0 bridgehead atoms. The molecule has 6 heteroatoms. The number of halogens is 2. The van der Waals surface area contributed by atoms with Crippen LogP contribution >= 0.6 is 23.2 Å². The van der Waals surface area contributed by atoms with Gasteiger partial charge in [-0.2, -0.15) is 0 Å². The first-order valence-electron chi connectivity index (χ1n) is 5.92. The van der Waals surface area contributed by atoms with Crippen LogP contribution in [0.5, 0.6) is 0 Å². The highest BCUT2D eigenvalue weighted by molar-refractivity contribution is 7.84. The Morgan fingerprint density at radius 2 is 2.05 bits per heavy atom. The van der Waals surface area contributed by atoms with E-state index in [1.165, 1.54) is 0 Å². The minimum atomic E-state index is -1.12. The van der Waals surface area contributed by atoms with Crippen molar-refractivity contribution in [2.75, 3.05) is 5.75 Å². The summed E-state index contributed by atoms with van der Waals surface area (Å²) >= 11 is 12.0. The van der Waals surface area contributed by atoms with Crippen molar-refractivity contribution >= 4 is 40.0 Å². The van der Waals surface area contributed by atoms with E-state index < -0.39 is 16.8 Å². The van der Waals surface area contributed by atoms with E-state index in [1.54, 1.807) is 18.2 Å². The third kappa shape index (κ3) is 3.94. The average molecular weight is 321 g/mol. The van der Waals surface area contributed by atoms with E-state index in [4.69, 9.17) is 28.3 Å². The number of carbonyl (C=O) groups is 1. The number of carboxylic acids is 1. The Kier molecular flexibility index (Phi) is 4.54. The molecule has 1 atom stereocenters. The first kappa shape index (κ1) is 14.8. The van der Waals surface area contributed by atoms with Crippen LogP contribution < -0.4 is 0 Å². The van der Waals surface area contributed by atoms with Gasteiger partial charge in [0.2, 0.25) is 0 Å². The summed E-state index contributed by atoms with van der Waals surface area (Å²) in [6.45, 7) is 0. The van der Waals surface area contributed by atoms with Crippen LogP contribution in [0.1, 0.15) is 24.8 Å². The van der Waals surface area contributed by atoms with Gasteiger partial charge in [0.1, 0.15) is 0 Å². The average Bonchev–Trinajstić information content (AvgIpc) is 3.03. The fourth-order valence-electron chi connectivity index (χ4n) is 2.10. The first-order chi connectivity index (χ1) is 8.92. The largest absolute Gasteiger partial charge is 0.481 e. The van der Waals surface area contributed by atoms with Crippen molar-refractivity contribution in [3.05, 3.63) is 33.8 Å². The summed E-state index contributed by atoms with van der Waals surface area (Å²) in [4.78, 5) is 10.8. The molecular weight excluding hydrogens is 307 g/mol. The van der Waals surface area contributed by atoms with Gasteiger partial charge in [0.15, 0.2) is 0 Å². The highest BCUT2D eigenvalue weighted by atomic mass is 35.5. The molecule has 0 aromatic heterocycles. The summed E-state index contributed by atoms with van der Waals surface area (Å²) in [7, 11) is -1.12. The van der Waals surface area contributed by atoms with Crippen LogP contribution in [-0.2, 0) is 21.3 Å². The van der Waals surface area contributed by atoms with E-state index in [9.17, 15) is 9.00 Å². The number of carboxylic acid groups (broad SMARTS) is 1. The van der Waals surface area contributed by atoms with E-state index in [1.807, 2.05) is 0 Å². The molecule has 0 heterocycles. The molecule has 0 saturated heterocycles. The van der Waals surface area contributed by atoms with Crippen molar-refractivity contribution < 1.29 is 14.1 Å². The minimum absolute atomic E-state index is 0.0992. The fourth-order valence-corrected chi connectivity index (χ4v) is 4.33. The normalized spacial score (nSPS) is 18.0. The molecule has 0 spiro atoms. The topological polar surface area (TPSA) is 54.4 Å². The number of rotatable bonds is 6. The summed E-state index contributed by atoms with van der Waals surface area (Å²) < 4.78 is 12.1. The summed E-state index contributed by atoms with van der Waals surface area (Å²) in [5.41, 5.74) is 0.487. The molecule has 0 amide bonds. The standard InChI is InChI=1S/C13H14Cl2O3S/c14-10-3-1-2-9(12(10)15)7-19(18)8-13(4-5-13)6-11(16)17/h1-3H,4-8H2,(H,16,17). The summed E-state index contributed by atoms with van der Waals surface area (Å²) in [5.74, 6) is -0.0848. The highest BCUT2D eigenvalue weighted by Crippen LogP contribution is 2.49. The van der Waals surface area contributed by atoms with Crippen molar-refractivity contribution in [3.63, 3.8) is 0 Å². The Morgan fingerprint density at radius 1 is 1.37 bits per heavy atom. The maximum Gasteiger partial charge on any atom is 0.303 e. The molecule has 1 aliphatic rings. The third-order valence-electron chi connectivity index (χ3n) is 3.30. The summed E-state index contributed by atoms with van der Waals surface area (Å²) in [5, 5.41) is 9.71. The maximum atomic E-state index is 12.1. The molecule has 1 fully saturated rings. The lowest BCUT2D eigenvalue weighted by Gasteiger charge is -2.12. The van der Waals surface area contributed by atoms with Gasteiger partial charge < -0.3 is 5.11 Å². The van der Waals surface area contributed by atoms with Crippen molar-refractivity contribution in [1.82, 2.24) is 0 Å². The minimum Gasteiger partial charge on any atom is -0.481 e.